The highest BCUT2D eigenvalue weighted by molar-refractivity contribution is 5.91. The molecule has 0 aromatic heterocycles. The van der Waals surface area contributed by atoms with Gasteiger partial charge < -0.3 is 0 Å². The summed E-state index contributed by atoms with van der Waals surface area (Å²) in [4.78, 5) is 24.1. The number of hydrogen-bond acceptors (Lipinski definition) is 2. The molecule has 0 aromatic carbocycles. The molecule has 0 bridgehead atoms. The van der Waals surface area contributed by atoms with Crippen molar-refractivity contribution in [3.8, 4) is 0 Å². The minimum Gasteiger partial charge on any atom is -0.299 e. The zero-order valence-electron chi connectivity index (χ0n) is 13.5. The van der Waals surface area contributed by atoms with Crippen LogP contribution in [0.5, 0.6) is 0 Å². The maximum atomic E-state index is 16.3. The third-order valence-corrected chi connectivity index (χ3v) is 7.85. The van der Waals surface area contributed by atoms with Crippen molar-refractivity contribution >= 4 is 11.6 Å². The Bertz CT molecular complexity index is 582. The fourth-order valence-electron chi connectivity index (χ4n) is 6.30. The van der Waals surface area contributed by atoms with Crippen molar-refractivity contribution in [2.75, 3.05) is 0 Å². The summed E-state index contributed by atoms with van der Waals surface area (Å²) in [5, 5.41) is 0. The Hall–Kier alpha value is -0.990. The number of allylic oxidation sites excluding steroid dienone is 2. The summed E-state index contributed by atoms with van der Waals surface area (Å²) in [7, 11) is 0. The van der Waals surface area contributed by atoms with Crippen molar-refractivity contribution in [3.05, 3.63) is 12.2 Å². The van der Waals surface area contributed by atoms with Crippen LogP contribution in [0.2, 0.25) is 0 Å². The largest absolute Gasteiger partial charge is 0.299 e. The average Bonchev–Trinajstić information content (AvgIpc) is 2.77. The average molecular weight is 304 g/mol. The number of alkyl halides is 1. The second-order valence-corrected chi connectivity index (χ2v) is 8.52. The van der Waals surface area contributed by atoms with Crippen molar-refractivity contribution in [2.45, 2.75) is 64.5 Å². The molecule has 120 valence electrons. The lowest BCUT2D eigenvalue weighted by atomic mass is 9.45. The Morgan fingerprint density at radius 2 is 1.86 bits per heavy atom. The normalized spacial score (nSPS) is 53.9. The molecule has 0 spiro atoms. The van der Waals surface area contributed by atoms with E-state index in [4.69, 9.17) is 0 Å². The highest BCUT2D eigenvalue weighted by Crippen LogP contribution is 2.67. The van der Waals surface area contributed by atoms with Crippen LogP contribution in [-0.2, 0) is 9.59 Å². The third kappa shape index (κ3) is 1.55. The Balaban J connectivity index is 1.77. The quantitative estimate of drug-likeness (QED) is 0.677. The van der Waals surface area contributed by atoms with Crippen molar-refractivity contribution in [2.24, 2.45) is 28.6 Å². The van der Waals surface area contributed by atoms with Crippen molar-refractivity contribution in [1.29, 1.82) is 0 Å². The van der Waals surface area contributed by atoms with Crippen LogP contribution in [0.25, 0.3) is 0 Å². The van der Waals surface area contributed by atoms with Crippen molar-refractivity contribution in [3.63, 3.8) is 0 Å². The van der Waals surface area contributed by atoms with Gasteiger partial charge in [0.1, 0.15) is 11.5 Å². The molecular formula is C19H25FO2. The highest BCUT2D eigenvalue weighted by Gasteiger charge is 2.67. The van der Waals surface area contributed by atoms with E-state index in [1.807, 2.05) is 13.0 Å². The number of hydrogen-bond donors (Lipinski definition) is 0. The first-order valence-electron chi connectivity index (χ1n) is 8.75. The summed E-state index contributed by atoms with van der Waals surface area (Å²) in [6.45, 7) is 4.09. The molecule has 0 N–H and O–H groups in total. The minimum absolute atomic E-state index is 0.0168. The van der Waals surface area contributed by atoms with Gasteiger partial charge in [-0.1, -0.05) is 19.9 Å². The van der Waals surface area contributed by atoms with E-state index in [9.17, 15) is 9.59 Å². The molecule has 0 amide bonds. The van der Waals surface area contributed by atoms with Crippen LogP contribution in [0.4, 0.5) is 4.39 Å². The molecule has 0 radical (unpaired) electrons. The predicted octanol–water partition coefficient (Wildman–Crippen LogP) is 4.04. The molecule has 3 fully saturated rings. The van der Waals surface area contributed by atoms with E-state index < -0.39 is 11.1 Å². The van der Waals surface area contributed by atoms with Gasteiger partial charge in [-0.05, 0) is 55.9 Å². The molecular weight excluding hydrogens is 279 g/mol. The monoisotopic (exact) mass is 304 g/mol. The fraction of sp³-hybridized carbons (Fsp3) is 0.789. The van der Waals surface area contributed by atoms with Gasteiger partial charge in [-0.2, -0.15) is 0 Å². The number of halogens is 1. The van der Waals surface area contributed by atoms with Crippen molar-refractivity contribution < 1.29 is 14.0 Å². The van der Waals surface area contributed by atoms with Gasteiger partial charge in [0.25, 0.3) is 0 Å². The van der Waals surface area contributed by atoms with Crippen LogP contribution in [0.15, 0.2) is 12.2 Å². The Morgan fingerprint density at radius 1 is 1.09 bits per heavy atom. The molecule has 22 heavy (non-hydrogen) atoms. The maximum Gasteiger partial charge on any atom is 0.155 e. The van der Waals surface area contributed by atoms with Gasteiger partial charge in [0.05, 0.1) is 0 Å². The zero-order valence-corrected chi connectivity index (χ0v) is 13.5. The third-order valence-electron chi connectivity index (χ3n) is 7.85. The molecule has 0 aromatic rings. The van der Waals surface area contributed by atoms with Gasteiger partial charge in [-0.3, -0.25) is 9.59 Å². The molecule has 1 unspecified atom stereocenters. The topological polar surface area (TPSA) is 34.1 Å². The first-order chi connectivity index (χ1) is 10.3. The first-order valence-corrected chi connectivity index (χ1v) is 8.75. The molecule has 0 saturated heterocycles. The van der Waals surface area contributed by atoms with E-state index in [-0.39, 0.29) is 29.0 Å². The van der Waals surface area contributed by atoms with Crippen LogP contribution in [-0.4, -0.2) is 17.2 Å². The van der Waals surface area contributed by atoms with E-state index in [1.54, 1.807) is 6.08 Å². The fourth-order valence-corrected chi connectivity index (χ4v) is 6.30. The summed E-state index contributed by atoms with van der Waals surface area (Å²) < 4.78 is 16.3. The lowest BCUT2D eigenvalue weighted by Crippen LogP contribution is -2.62. The lowest BCUT2D eigenvalue weighted by Gasteiger charge is -2.61. The van der Waals surface area contributed by atoms with Gasteiger partial charge in [-0.15, -0.1) is 0 Å². The van der Waals surface area contributed by atoms with E-state index >= 15 is 4.39 Å². The second-order valence-electron chi connectivity index (χ2n) is 8.52. The van der Waals surface area contributed by atoms with E-state index in [1.165, 1.54) is 0 Å². The summed E-state index contributed by atoms with van der Waals surface area (Å²) in [6, 6.07) is 0. The Morgan fingerprint density at radius 3 is 2.64 bits per heavy atom. The predicted molar refractivity (Wildman–Crippen MR) is 82.0 cm³/mol. The number of ketones is 2. The van der Waals surface area contributed by atoms with E-state index in [0.717, 1.165) is 19.3 Å². The molecule has 6 atom stereocenters. The standard InChI is InChI=1S/C19H25FO2/c1-17-9-10-19(20)15(14(17)5-6-16(17)22)4-3-12-11-13(21)7-8-18(12,19)2/h7-8,12,14-15H,3-6,9-11H2,1-2H3/t12?,14-,15-,17-,18-,19-/m0/s1. The van der Waals surface area contributed by atoms with Gasteiger partial charge in [0.15, 0.2) is 5.78 Å². The Kier molecular flexibility index (Phi) is 2.85. The van der Waals surface area contributed by atoms with Gasteiger partial charge in [-0.25, -0.2) is 4.39 Å². The Labute approximate surface area is 131 Å². The number of Topliss-reactive ketones (excluding diaryl/α,β-unsaturated/α-hetero) is 1. The molecule has 4 rings (SSSR count). The summed E-state index contributed by atoms with van der Waals surface area (Å²) >= 11 is 0. The van der Waals surface area contributed by atoms with Gasteiger partial charge in [0, 0.05) is 23.7 Å². The molecule has 2 nitrogen and oxygen atoms in total. The van der Waals surface area contributed by atoms with Gasteiger partial charge >= 0.3 is 0 Å². The second kappa shape index (κ2) is 4.30. The highest BCUT2D eigenvalue weighted by atomic mass is 19.1. The number of fused-ring (bicyclic) bond motifs is 5. The smallest absolute Gasteiger partial charge is 0.155 e. The summed E-state index contributed by atoms with van der Waals surface area (Å²) in [6.07, 6.45) is 8.36. The van der Waals surface area contributed by atoms with Crippen LogP contribution in [0.1, 0.15) is 58.8 Å². The number of rotatable bonds is 0. The first kappa shape index (κ1) is 14.6. The molecule has 0 aliphatic heterocycles. The lowest BCUT2D eigenvalue weighted by molar-refractivity contribution is -0.167. The van der Waals surface area contributed by atoms with Crippen LogP contribution < -0.4 is 0 Å². The molecule has 0 heterocycles. The molecule has 3 saturated carbocycles. The van der Waals surface area contributed by atoms with E-state index in [0.29, 0.717) is 31.5 Å². The molecule has 3 heteroatoms. The minimum atomic E-state index is -1.25. The maximum absolute atomic E-state index is 16.3. The number of carbonyl (C=O) groups excluding carboxylic acids is 2. The van der Waals surface area contributed by atoms with Crippen LogP contribution in [0.3, 0.4) is 0 Å². The van der Waals surface area contributed by atoms with Crippen molar-refractivity contribution in [1.82, 2.24) is 0 Å². The van der Waals surface area contributed by atoms with Gasteiger partial charge in [0.2, 0.25) is 0 Å². The van der Waals surface area contributed by atoms with Crippen LogP contribution in [0, 0.1) is 28.6 Å². The van der Waals surface area contributed by atoms with E-state index in [2.05, 4.69) is 6.92 Å². The summed E-state index contributed by atoms with van der Waals surface area (Å²) in [5.41, 5.74) is -2.07. The zero-order chi connectivity index (χ0) is 15.8. The SMILES string of the molecule is C[C@]12C=CC(=O)CC1CC[C@H]1[C@@H]3CCC(=O)[C@@]3(C)CC[C@]12F. The summed E-state index contributed by atoms with van der Waals surface area (Å²) in [5.74, 6) is 0.800. The number of carbonyl (C=O) groups is 2. The molecule has 4 aliphatic rings. The van der Waals surface area contributed by atoms with Crippen LogP contribution >= 0.6 is 0 Å². The molecule has 4 aliphatic carbocycles.